The summed E-state index contributed by atoms with van der Waals surface area (Å²) < 4.78 is 5.74. The lowest BCUT2D eigenvalue weighted by atomic mass is 9.81. The van der Waals surface area contributed by atoms with Crippen molar-refractivity contribution in [3.05, 3.63) is 77.9 Å². The van der Waals surface area contributed by atoms with Gasteiger partial charge in [-0.25, -0.2) is 0 Å². The first-order valence-electron chi connectivity index (χ1n) is 18.6. The van der Waals surface area contributed by atoms with E-state index < -0.39 is 6.04 Å². The van der Waals surface area contributed by atoms with Crippen molar-refractivity contribution in [2.24, 2.45) is 17.6 Å². The molecule has 1 aromatic heterocycles. The number of benzene rings is 3. The third-order valence-electron chi connectivity index (χ3n) is 10.9. The van der Waals surface area contributed by atoms with Gasteiger partial charge in [-0.15, -0.1) is 10.2 Å². The number of hydrogen-bond acceptors (Lipinski definition) is 9. The molecule has 0 spiro atoms. The van der Waals surface area contributed by atoms with Crippen LogP contribution >= 0.6 is 0 Å². The highest BCUT2D eigenvalue weighted by molar-refractivity contribution is 5.98. The van der Waals surface area contributed by atoms with Gasteiger partial charge in [-0.2, -0.15) is 5.21 Å². The van der Waals surface area contributed by atoms with Crippen molar-refractivity contribution in [3.63, 3.8) is 0 Å². The molecular formula is C40H51N9O4. The minimum atomic E-state index is -0.803. The van der Waals surface area contributed by atoms with Gasteiger partial charge in [0.15, 0.2) is 0 Å². The van der Waals surface area contributed by atoms with Crippen LogP contribution in [0.5, 0.6) is 5.75 Å². The Bertz CT molecular complexity index is 1810. The van der Waals surface area contributed by atoms with Gasteiger partial charge in [-0.3, -0.25) is 14.4 Å². The van der Waals surface area contributed by atoms with Crippen molar-refractivity contribution in [2.75, 3.05) is 33.1 Å². The number of nitrogens with two attached hydrogens (primary N) is 1. The Morgan fingerprint density at radius 1 is 0.906 bits per heavy atom. The first-order valence-corrected chi connectivity index (χ1v) is 18.6. The first kappa shape index (κ1) is 37.6. The molecule has 0 bridgehead atoms. The summed E-state index contributed by atoms with van der Waals surface area (Å²) in [4.78, 5) is 42.7. The largest absolute Gasteiger partial charge is 0.496 e. The molecule has 2 aliphatic carbocycles. The molecule has 4 aromatic rings. The van der Waals surface area contributed by atoms with Crippen LogP contribution in [0.2, 0.25) is 0 Å². The van der Waals surface area contributed by atoms with Crippen LogP contribution in [0.25, 0.3) is 22.5 Å². The van der Waals surface area contributed by atoms with Gasteiger partial charge in [0.05, 0.1) is 7.11 Å². The molecule has 0 radical (unpaired) electrons. The maximum absolute atomic E-state index is 13.7. The van der Waals surface area contributed by atoms with Gasteiger partial charge in [-0.05, 0) is 137 Å². The summed E-state index contributed by atoms with van der Waals surface area (Å²) in [6.07, 6.45) is 7.70. The summed E-state index contributed by atoms with van der Waals surface area (Å²) in [5.74, 6) is 0.818. The Balaban J connectivity index is 1.13. The number of rotatable bonds is 13. The zero-order valence-corrected chi connectivity index (χ0v) is 30.8. The maximum Gasteiger partial charge on any atom is 0.251 e. The van der Waals surface area contributed by atoms with E-state index in [4.69, 9.17) is 10.5 Å². The summed E-state index contributed by atoms with van der Waals surface area (Å²) in [7, 11) is 5.82. The highest BCUT2D eigenvalue weighted by Gasteiger charge is 2.30. The van der Waals surface area contributed by atoms with Gasteiger partial charge >= 0.3 is 0 Å². The number of hydrogen-bond donors (Lipinski definition) is 5. The van der Waals surface area contributed by atoms with Crippen LogP contribution in [-0.2, 0) is 16.0 Å². The zero-order chi connectivity index (χ0) is 37.3. The zero-order valence-electron chi connectivity index (χ0n) is 30.8. The van der Waals surface area contributed by atoms with E-state index in [9.17, 15) is 14.4 Å². The number of aromatic nitrogens is 4. The summed E-state index contributed by atoms with van der Waals surface area (Å²) in [5.41, 5.74) is 10.4. The fourth-order valence-corrected chi connectivity index (χ4v) is 7.51. The van der Waals surface area contributed by atoms with Crippen LogP contribution in [0.3, 0.4) is 0 Å². The Morgan fingerprint density at radius 2 is 1.60 bits per heavy atom. The quantitative estimate of drug-likeness (QED) is 0.132. The molecule has 2 aliphatic rings. The number of carbonyl (C=O) groups excluding carboxylic acids is 3. The molecule has 0 unspecified atom stereocenters. The monoisotopic (exact) mass is 721 g/mol. The van der Waals surface area contributed by atoms with Gasteiger partial charge < -0.3 is 31.3 Å². The number of anilines is 1. The van der Waals surface area contributed by atoms with E-state index >= 15 is 0 Å². The van der Waals surface area contributed by atoms with Crippen molar-refractivity contribution in [1.29, 1.82) is 0 Å². The third kappa shape index (κ3) is 9.65. The van der Waals surface area contributed by atoms with E-state index in [1.165, 1.54) is 0 Å². The third-order valence-corrected chi connectivity index (χ3v) is 10.9. The molecule has 0 aliphatic heterocycles. The predicted molar refractivity (Wildman–Crippen MR) is 204 cm³/mol. The molecule has 2 fully saturated rings. The molecule has 1 atom stereocenters. The number of tetrazole rings is 1. The number of nitrogens with zero attached hydrogens (tertiary/aromatic N) is 4. The van der Waals surface area contributed by atoms with E-state index in [-0.39, 0.29) is 29.7 Å². The van der Waals surface area contributed by atoms with E-state index in [2.05, 4.69) is 55.6 Å². The number of ether oxygens (including phenoxy) is 1. The Labute approximate surface area is 310 Å². The molecule has 3 aromatic carbocycles. The second kappa shape index (κ2) is 17.6. The average Bonchev–Trinajstić information content (AvgIpc) is 3.73. The molecule has 0 saturated heterocycles. The second-order valence-corrected chi connectivity index (χ2v) is 14.6. The van der Waals surface area contributed by atoms with Crippen molar-refractivity contribution in [1.82, 2.24) is 36.2 Å². The number of amides is 3. The molecule has 6 rings (SSSR count). The SMILES string of the molecule is COc1cc(C(=O)NC2CCC(N(C)C)CC2)ccc1-c1ccc(C[C@H](NC(=O)C2CCC(CN)CC2)C(=O)Nc2ccc(-c3nn[nH]n3)cc2)cc1. The fraction of sp³-hybridized carbons (Fsp3) is 0.450. The first-order chi connectivity index (χ1) is 25.7. The van der Waals surface area contributed by atoms with Crippen LogP contribution in [-0.4, -0.2) is 89.1 Å². The van der Waals surface area contributed by atoms with Crippen LogP contribution in [0.15, 0.2) is 66.7 Å². The number of H-pyrrole nitrogens is 1. The number of aromatic amines is 1. The van der Waals surface area contributed by atoms with Gasteiger partial charge in [0.25, 0.3) is 5.91 Å². The van der Waals surface area contributed by atoms with E-state index in [1.807, 2.05) is 36.4 Å². The Hall–Kier alpha value is -5.14. The van der Waals surface area contributed by atoms with Crippen LogP contribution in [0.1, 0.15) is 67.3 Å². The standard InChI is InChI=1S/C40H51N9O4/c1-49(2)33-19-17-32(18-20-33)42-39(51)30-14-21-34(36(23-30)53-3)27-8-4-25(5-9-27)22-35(44-38(50)29-10-6-26(24-41)7-11-29)40(52)43-31-15-12-28(13-16-31)37-45-47-48-46-37/h4-5,8-9,12-16,21,23,26,29,32-33,35H,6-7,10-11,17-20,22,24,41H2,1-3H3,(H,42,51)(H,43,52)(H,44,50)(H,45,46,47,48)/t26?,29?,32?,33?,35-/m0/s1. The molecule has 53 heavy (non-hydrogen) atoms. The minimum Gasteiger partial charge on any atom is -0.496 e. The summed E-state index contributed by atoms with van der Waals surface area (Å²) in [5, 5.41) is 23.3. The van der Waals surface area contributed by atoms with Crippen molar-refractivity contribution in [3.8, 4) is 28.3 Å². The van der Waals surface area contributed by atoms with Crippen LogP contribution in [0, 0.1) is 11.8 Å². The highest BCUT2D eigenvalue weighted by Crippen LogP contribution is 2.32. The summed E-state index contributed by atoms with van der Waals surface area (Å²) in [6, 6.07) is 20.4. The number of nitrogens with one attached hydrogen (secondary N) is 4. The van der Waals surface area contributed by atoms with Crippen LogP contribution < -0.4 is 26.4 Å². The minimum absolute atomic E-state index is 0.0970. The molecule has 2 saturated carbocycles. The average molecular weight is 722 g/mol. The van der Waals surface area contributed by atoms with Crippen molar-refractivity contribution < 1.29 is 19.1 Å². The smallest absolute Gasteiger partial charge is 0.251 e. The number of methoxy groups -OCH3 is 1. The van der Waals surface area contributed by atoms with E-state index in [0.717, 1.165) is 73.6 Å². The molecule has 13 heteroatoms. The maximum atomic E-state index is 13.7. The molecular weight excluding hydrogens is 670 g/mol. The predicted octanol–water partition coefficient (Wildman–Crippen LogP) is 4.58. The molecule has 280 valence electrons. The van der Waals surface area contributed by atoms with E-state index in [1.54, 1.807) is 37.4 Å². The van der Waals surface area contributed by atoms with Gasteiger partial charge in [-0.1, -0.05) is 24.3 Å². The van der Waals surface area contributed by atoms with Gasteiger partial charge in [0, 0.05) is 46.8 Å². The molecule has 13 nitrogen and oxygen atoms in total. The van der Waals surface area contributed by atoms with Gasteiger partial charge in [0.2, 0.25) is 17.6 Å². The molecule has 1 heterocycles. The van der Waals surface area contributed by atoms with Crippen LogP contribution in [0.4, 0.5) is 5.69 Å². The second-order valence-electron chi connectivity index (χ2n) is 14.6. The van der Waals surface area contributed by atoms with E-state index in [0.29, 0.717) is 47.8 Å². The number of carbonyl (C=O) groups is 3. The van der Waals surface area contributed by atoms with Crippen molar-refractivity contribution in [2.45, 2.75) is 75.9 Å². The molecule has 6 N–H and O–H groups in total. The Kier molecular flexibility index (Phi) is 12.5. The lowest BCUT2D eigenvalue weighted by Crippen LogP contribution is -2.48. The topological polar surface area (TPSA) is 180 Å². The lowest BCUT2D eigenvalue weighted by Gasteiger charge is -2.33. The highest BCUT2D eigenvalue weighted by atomic mass is 16.5. The molecule has 3 amide bonds. The van der Waals surface area contributed by atoms with Gasteiger partial charge in [0.1, 0.15) is 11.8 Å². The Morgan fingerprint density at radius 3 is 2.23 bits per heavy atom. The summed E-state index contributed by atoms with van der Waals surface area (Å²) >= 11 is 0. The lowest BCUT2D eigenvalue weighted by molar-refractivity contribution is -0.130. The normalized spacial score (nSPS) is 20.7. The fourth-order valence-electron chi connectivity index (χ4n) is 7.51. The van der Waals surface area contributed by atoms with Crippen molar-refractivity contribution >= 4 is 23.4 Å². The summed E-state index contributed by atoms with van der Waals surface area (Å²) in [6.45, 7) is 0.629.